The summed E-state index contributed by atoms with van der Waals surface area (Å²) in [6.45, 7) is 6.52. The molecule has 0 aliphatic rings. The fraction of sp³-hybridized carbons (Fsp3) is 0.947. The Bertz CT molecular complexity index is 593. The summed E-state index contributed by atoms with van der Waals surface area (Å²) in [6.07, 6.45) is 34.4. The molecule has 0 aromatic heterocycles. The minimum Gasteiger partial charge on any atom is -0.462 e. The first-order valence-corrected chi connectivity index (χ1v) is 19.0. The number of unbranched alkanes of at least 4 members (excludes halogenated alkanes) is 23. The van der Waals surface area contributed by atoms with E-state index in [9.17, 15) is 14.7 Å². The molecule has 1 unspecified atom stereocenters. The third kappa shape index (κ3) is 32.1. The molecule has 0 saturated carbocycles. The van der Waals surface area contributed by atoms with Crippen molar-refractivity contribution in [3.63, 3.8) is 0 Å². The van der Waals surface area contributed by atoms with Gasteiger partial charge in [0.15, 0.2) is 6.10 Å². The van der Waals surface area contributed by atoms with Gasteiger partial charge < -0.3 is 14.6 Å². The number of carbonyl (C=O) groups excluding carboxylic acids is 2. The van der Waals surface area contributed by atoms with Gasteiger partial charge in [-0.25, -0.2) is 0 Å². The highest BCUT2D eigenvalue weighted by atomic mass is 16.6. The molecule has 0 radical (unpaired) electrons. The molecule has 0 amide bonds. The average Bonchev–Trinajstić information content (AvgIpc) is 3.01. The number of esters is 2. The molecular weight excluding hydrogens is 536 g/mol. The number of rotatable bonds is 34. The second-order valence-electron chi connectivity index (χ2n) is 13.3. The van der Waals surface area contributed by atoms with Crippen LogP contribution in [0.15, 0.2) is 0 Å². The van der Waals surface area contributed by atoms with Crippen LogP contribution in [0.4, 0.5) is 0 Å². The third-order valence-corrected chi connectivity index (χ3v) is 8.94. The Morgan fingerprint density at radius 1 is 0.535 bits per heavy atom. The van der Waals surface area contributed by atoms with Crippen molar-refractivity contribution in [1.29, 1.82) is 0 Å². The van der Waals surface area contributed by atoms with Gasteiger partial charge in [0.2, 0.25) is 0 Å². The Labute approximate surface area is 268 Å². The minimum atomic E-state index is -0.761. The number of carbonyl (C=O) groups is 2. The number of ether oxygens (including phenoxy) is 2. The molecule has 1 N–H and O–H groups in total. The molecule has 0 aliphatic carbocycles. The van der Waals surface area contributed by atoms with Crippen LogP contribution in [-0.4, -0.2) is 36.4 Å². The van der Waals surface area contributed by atoms with Gasteiger partial charge >= 0.3 is 11.9 Å². The third-order valence-electron chi connectivity index (χ3n) is 8.94. The van der Waals surface area contributed by atoms with E-state index < -0.39 is 6.10 Å². The Hall–Kier alpha value is -1.10. The van der Waals surface area contributed by atoms with Gasteiger partial charge in [-0.1, -0.05) is 181 Å². The standard InChI is InChI=1S/C38H74O5/c1-4-6-7-8-9-10-11-12-13-14-15-19-22-25-28-31-37(40)42-34-36(33-39)43-38(41)32-29-26-23-20-17-16-18-21-24-27-30-35(3)5-2/h35-36,39H,4-34H2,1-3H3/t35?,36-/m0/s1. The van der Waals surface area contributed by atoms with Gasteiger partial charge in [-0.05, 0) is 18.8 Å². The summed E-state index contributed by atoms with van der Waals surface area (Å²) in [4.78, 5) is 24.2. The zero-order valence-electron chi connectivity index (χ0n) is 29.2. The molecule has 2 atom stereocenters. The Morgan fingerprint density at radius 2 is 0.907 bits per heavy atom. The van der Waals surface area contributed by atoms with Crippen molar-refractivity contribution in [2.24, 2.45) is 5.92 Å². The molecule has 0 saturated heterocycles. The summed E-state index contributed by atoms with van der Waals surface area (Å²) >= 11 is 0. The minimum absolute atomic E-state index is 0.0581. The monoisotopic (exact) mass is 611 g/mol. The molecule has 0 aromatic rings. The van der Waals surface area contributed by atoms with Crippen LogP contribution >= 0.6 is 0 Å². The van der Waals surface area contributed by atoms with Crippen LogP contribution < -0.4 is 0 Å². The van der Waals surface area contributed by atoms with Crippen molar-refractivity contribution < 1.29 is 24.2 Å². The fourth-order valence-corrected chi connectivity index (χ4v) is 5.65. The highest BCUT2D eigenvalue weighted by molar-refractivity contribution is 5.70. The predicted octanol–water partition coefficient (Wildman–Crippen LogP) is 11.4. The summed E-state index contributed by atoms with van der Waals surface area (Å²) < 4.78 is 10.6. The lowest BCUT2D eigenvalue weighted by Crippen LogP contribution is -2.28. The first kappa shape index (κ1) is 41.9. The number of aliphatic hydroxyl groups is 1. The summed E-state index contributed by atoms with van der Waals surface area (Å²) in [5.74, 6) is 0.299. The van der Waals surface area contributed by atoms with Gasteiger partial charge in [0.25, 0.3) is 0 Å². The summed E-state index contributed by atoms with van der Waals surface area (Å²) in [5, 5.41) is 9.53. The zero-order chi connectivity index (χ0) is 31.6. The van der Waals surface area contributed by atoms with Gasteiger partial charge in [0.05, 0.1) is 6.61 Å². The zero-order valence-corrected chi connectivity index (χ0v) is 29.2. The van der Waals surface area contributed by atoms with Crippen LogP contribution in [0, 0.1) is 5.92 Å². The number of hydrogen-bond acceptors (Lipinski definition) is 5. The molecule has 0 aromatic carbocycles. The van der Waals surface area contributed by atoms with Crippen LogP contribution in [0.5, 0.6) is 0 Å². The normalized spacial score (nSPS) is 12.7. The average molecular weight is 611 g/mol. The molecular formula is C38H74O5. The molecule has 0 rings (SSSR count). The topological polar surface area (TPSA) is 72.8 Å². The van der Waals surface area contributed by atoms with Gasteiger partial charge in [-0.2, -0.15) is 0 Å². The van der Waals surface area contributed by atoms with Crippen LogP contribution in [0.3, 0.4) is 0 Å². The highest BCUT2D eigenvalue weighted by Gasteiger charge is 2.16. The second kappa shape index (κ2) is 33.8. The molecule has 0 fully saturated rings. The van der Waals surface area contributed by atoms with Gasteiger partial charge in [0.1, 0.15) is 6.61 Å². The molecule has 43 heavy (non-hydrogen) atoms. The Morgan fingerprint density at radius 3 is 1.30 bits per heavy atom. The lowest BCUT2D eigenvalue weighted by molar-refractivity contribution is -0.161. The van der Waals surface area contributed by atoms with E-state index in [2.05, 4.69) is 20.8 Å². The summed E-state index contributed by atoms with van der Waals surface area (Å²) in [6, 6.07) is 0. The fourth-order valence-electron chi connectivity index (χ4n) is 5.65. The van der Waals surface area contributed by atoms with Crippen LogP contribution in [0.2, 0.25) is 0 Å². The molecule has 5 heteroatoms. The van der Waals surface area contributed by atoms with Crippen molar-refractivity contribution in [3.8, 4) is 0 Å². The molecule has 256 valence electrons. The van der Waals surface area contributed by atoms with Crippen molar-refractivity contribution in [2.75, 3.05) is 13.2 Å². The van der Waals surface area contributed by atoms with E-state index in [1.807, 2.05) is 0 Å². The first-order chi connectivity index (χ1) is 21.0. The smallest absolute Gasteiger partial charge is 0.306 e. The van der Waals surface area contributed by atoms with E-state index in [1.54, 1.807) is 0 Å². The highest BCUT2D eigenvalue weighted by Crippen LogP contribution is 2.16. The van der Waals surface area contributed by atoms with E-state index in [1.165, 1.54) is 141 Å². The number of hydrogen-bond donors (Lipinski definition) is 1. The Kier molecular flexibility index (Phi) is 32.9. The summed E-state index contributed by atoms with van der Waals surface area (Å²) in [5.41, 5.74) is 0. The van der Waals surface area contributed by atoms with Crippen molar-refractivity contribution >= 4 is 11.9 Å². The maximum Gasteiger partial charge on any atom is 0.306 e. The maximum absolute atomic E-state index is 12.1. The molecule has 0 heterocycles. The quantitative estimate of drug-likeness (QED) is 0.0579. The SMILES string of the molecule is CCCCCCCCCCCCCCCCCC(=O)OC[C@H](CO)OC(=O)CCCCCCCCCCCCC(C)CC. The lowest BCUT2D eigenvalue weighted by atomic mass is 9.99. The predicted molar refractivity (Wildman–Crippen MR) is 182 cm³/mol. The van der Waals surface area contributed by atoms with Crippen molar-refractivity contribution in [1.82, 2.24) is 0 Å². The molecule has 0 spiro atoms. The molecule has 0 aliphatic heterocycles. The van der Waals surface area contributed by atoms with E-state index >= 15 is 0 Å². The molecule has 5 nitrogen and oxygen atoms in total. The van der Waals surface area contributed by atoms with Crippen LogP contribution in [0.1, 0.15) is 207 Å². The van der Waals surface area contributed by atoms with Gasteiger partial charge in [0, 0.05) is 12.8 Å². The first-order valence-electron chi connectivity index (χ1n) is 19.0. The Balaban J connectivity index is 3.52. The largest absolute Gasteiger partial charge is 0.462 e. The van der Waals surface area contributed by atoms with E-state index in [-0.39, 0.29) is 25.2 Å². The lowest BCUT2D eigenvalue weighted by Gasteiger charge is -2.15. The van der Waals surface area contributed by atoms with Gasteiger partial charge in [-0.15, -0.1) is 0 Å². The van der Waals surface area contributed by atoms with Crippen LogP contribution in [0.25, 0.3) is 0 Å². The van der Waals surface area contributed by atoms with Crippen LogP contribution in [-0.2, 0) is 19.1 Å². The second-order valence-corrected chi connectivity index (χ2v) is 13.3. The van der Waals surface area contributed by atoms with E-state index in [0.29, 0.717) is 12.8 Å². The van der Waals surface area contributed by atoms with E-state index in [0.717, 1.165) is 38.0 Å². The molecule has 0 bridgehead atoms. The maximum atomic E-state index is 12.1. The van der Waals surface area contributed by atoms with Gasteiger partial charge in [-0.3, -0.25) is 9.59 Å². The van der Waals surface area contributed by atoms with Crippen molar-refractivity contribution in [3.05, 3.63) is 0 Å². The van der Waals surface area contributed by atoms with E-state index in [4.69, 9.17) is 9.47 Å². The summed E-state index contributed by atoms with van der Waals surface area (Å²) in [7, 11) is 0. The van der Waals surface area contributed by atoms with Crippen molar-refractivity contribution in [2.45, 2.75) is 213 Å². The number of aliphatic hydroxyl groups excluding tert-OH is 1.